The number of halogens is 3. The Morgan fingerprint density at radius 2 is 1.84 bits per heavy atom. The van der Waals surface area contributed by atoms with Gasteiger partial charge in [0.2, 0.25) is 0 Å². The minimum Gasteiger partial charge on any atom is -0.492 e. The van der Waals surface area contributed by atoms with Gasteiger partial charge in [0, 0.05) is 10.6 Å². The molecule has 166 valence electrons. The van der Waals surface area contributed by atoms with E-state index in [2.05, 4.69) is 32.1 Å². The first-order valence-electron chi connectivity index (χ1n) is 9.16. The molecule has 1 atom stereocenters. The van der Waals surface area contributed by atoms with Crippen molar-refractivity contribution in [2.24, 2.45) is 0 Å². The van der Waals surface area contributed by atoms with E-state index in [1.165, 1.54) is 13.0 Å². The Labute approximate surface area is 203 Å². The van der Waals surface area contributed by atoms with Crippen LogP contribution in [0.1, 0.15) is 30.6 Å². The summed E-state index contributed by atoms with van der Waals surface area (Å²) in [5.74, 6) is -0.0304. The molecule has 1 unspecified atom stereocenters. The zero-order valence-corrected chi connectivity index (χ0v) is 20.5. The summed E-state index contributed by atoms with van der Waals surface area (Å²) in [6.45, 7) is 4.11. The zero-order valence-electron chi connectivity index (χ0n) is 16.6. The molecule has 0 fully saturated rings. The first-order chi connectivity index (χ1) is 14.7. The maximum atomic E-state index is 12.4. The topological polar surface area (TPSA) is 88.7 Å². The van der Waals surface area contributed by atoms with Crippen molar-refractivity contribution >= 4 is 68.3 Å². The highest BCUT2D eigenvalue weighted by atomic mass is 79.9. The molecule has 3 N–H and O–H groups in total. The smallest absolute Gasteiger partial charge is 0.279 e. The molecule has 31 heavy (non-hydrogen) atoms. The molecule has 2 amide bonds. The number of amides is 2. The van der Waals surface area contributed by atoms with Gasteiger partial charge < -0.3 is 9.47 Å². The third-order valence-electron chi connectivity index (χ3n) is 3.75. The molecule has 0 saturated carbocycles. The molecule has 0 aromatic heterocycles. The Morgan fingerprint density at radius 1 is 1.13 bits per heavy atom. The lowest BCUT2D eigenvalue weighted by molar-refractivity contribution is -0.127. The first-order valence-corrected chi connectivity index (χ1v) is 11.1. The van der Waals surface area contributed by atoms with Gasteiger partial charge in [0.15, 0.2) is 11.2 Å². The fourth-order valence-corrected chi connectivity index (χ4v) is 3.30. The third kappa shape index (κ3) is 7.84. The summed E-state index contributed by atoms with van der Waals surface area (Å²) >= 11 is 20.3. The van der Waals surface area contributed by atoms with E-state index in [-0.39, 0.29) is 10.1 Å². The van der Waals surface area contributed by atoms with Crippen molar-refractivity contribution in [1.82, 2.24) is 16.2 Å². The molecule has 2 aromatic rings. The second kappa shape index (κ2) is 12.1. The predicted molar refractivity (Wildman–Crippen MR) is 128 cm³/mol. The molecule has 0 spiro atoms. The fraction of sp³-hybridized carbons (Fsp3) is 0.250. The molecule has 2 aromatic carbocycles. The molecule has 0 aliphatic heterocycles. The van der Waals surface area contributed by atoms with Crippen molar-refractivity contribution in [3.05, 3.63) is 56.5 Å². The number of carbonyl (C=O) groups is 2. The quantitative estimate of drug-likeness (QED) is 0.345. The van der Waals surface area contributed by atoms with Crippen LogP contribution in [0.4, 0.5) is 0 Å². The third-order valence-corrected chi connectivity index (χ3v) is 5.10. The van der Waals surface area contributed by atoms with E-state index < -0.39 is 17.9 Å². The minimum atomic E-state index is -0.892. The number of hydrazine groups is 1. The van der Waals surface area contributed by atoms with Crippen LogP contribution in [0.15, 0.2) is 40.9 Å². The summed E-state index contributed by atoms with van der Waals surface area (Å²) in [6.07, 6.45) is -0.0206. The number of ether oxygens (including phenoxy) is 2. The van der Waals surface area contributed by atoms with Crippen LogP contribution in [-0.4, -0.2) is 29.6 Å². The first kappa shape index (κ1) is 25.2. The Kier molecular flexibility index (Phi) is 9.83. The summed E-state index contributed by atoms with van der Waals surface area (Å²) in [6, 6.07) is 9.58. The van der Waals surface area contributed by atoms with E-state index in [1.807, 2.05) is 6.92 Å². The average molecular weight is 549 g/mol. The lowest BCUT2D eigenvalue weighted by atomic mass is 10.2. The van der Waals surface area contributed by atoms with Crippen LogP contribution in [0.3, 0.4) is 0 Å². The van der Waals surface area contributed by atoms with Gasteiger partial charge in [-0.3, -0.25) is 25.8 Å². The van der Waals surface area contributed by atoms with E-state index in [0.29, 0.717) is 33.2 Å². The number of rotatable bonds is 7. The van der Waals surface area contributed by atoms with E-state index in [4.69, 9.17) is 44.9 Å². The molecule has 0 aliphatic rings. The number of benzene rings is 2. The highest BCUT2D eigenvalue weighted by Crippen LogP contribution is 2.28. The van der Waals surface area contributed by atoms with Crippen molar-refractivity contribution in [3.8, 4) is 11.5 Å². The van der Waals surface area contributed by atoms with Gasteiger partial charge in [-0.05, 0) is 77.9 Å². The van der Waals surface area contributed by atoms with E-state index in [0.717, 1.165) is 6.42 Å². The van der Waals surface area contributed by atoms with Crippen LogP contribution in [0, 0.1) is 0 Å². The molecule has 7 nitrogen and oxygen atoms in total. The summed E-state index contributed by atoms with van der Waals surface area (Å²) in [5.41, 5.74) is 5.18. The van der Waals surface area contributed by atoms with Gasteiger partial charge in [0.25, 0.3) is 11.8 Å². The molecule has 2 rings (SSSR count). The van der Waals surface area contributed by atoms with Gasteiger partial charge in [-0.2, -0.15) is 0 Å². The lowest BCUT2D eigenvalue weighted by Gasteiger charge is -2.17. The molecule has 0 bridgehead atoms. The summed E-state index contributed by atoms with van der Waals surface area (Å²) < 4.78 is 11.7. The van der Waals surface area contributed by atoms with Gasteiger partial charge >= 0.3 is 0 Å². The standard InChI is InChI=1S/C20H20BrCl2N3O4S/c1-3-8-29-16-6-4-12(9-14(16)21)19(28)24-20(31)26-25-18(27)11(2)30-17-7-5-13(22)10-15(17)23/h4-7,9-11H,3,8H2,1-2H3,(H,25,27)(H2,24,26,28,31). The second-order valence-corrected chi connectivity index (χ2v) is 8.33. The summed E-state index contributed by atoms with van der Waals surface area (Å²) in [5, 5.41) is 3.12. The number of nitrogens with one attached hydrogen (secondary N) is 3. The largest absolute Gasteiger partial charge is 0.492 e. The molecule has 0 radical (unpaired) electrons. The number of hydrogen-bond acceptors (Lipinski definition) is 5. The van der Waals surface area contributed by atoms with Gasteiger partial charge in [0.05, 0.1) is 16.1 Å². The Hall–Kier alpha value is -2.07. The number of carbonyl (C=O) groups excluding carboxylic acids is 2. The van der Waals surface area contributed by atoms with Crippen LogP contribution in [0.25, 0.3) is 0 Å². The van der Waals surface area contributed by atoms with Crippen molar-refractivity contribution in [2.45, 2.75) is 26.4 Å². The van der Waals surface area contributed by atoms with Gasteiger partial charge in [-0.15, -0.1) is 0 Å². The van der Waals surface area contributed by atoms with Crippen molar-refractivity contribution in [2.75, 3.05) is 6.61 Å². The normalized spacial score (nSPS) is 11.3. The van der Waals surface area contributed by atoms with E-state index >= 15 is 0 Å². The van der Waals surface area contributed by atoms with Gasteiger partial charge in [0.1, 0.15) is 11.5 Å². The van der Waals surface area contributed by atoms with Crippen molar-refractivity contribution in [1.29, 1.82) is 0 Å². The molecular formula is C20H20BrCl2N3O4S. The zero-order chi connectivity index (χ0) is 23.0. The van der Waals surface area contributed by atoms with Crippen LogP contribution in [0.5, 0.6) is 11.5 Å². The van der Waals surface area contributed by atoms with Crippen LogP contribution >= 0.6 is 51.3 Å². The number of hydrogen-bond donors (Lipinski definition) is 3. The van der Waals surface area contributed by atoms with Crippen LogP contribution in [-0.2, 0) is 4.79 Å². The van der Waals surface area contributed by atoms with Crippen LogP contribution in [0.2, 0.25) is 10.0 Å². The molecule has 11 heteroatoms. The van der Waals surface area contributed by atoms with Gasteiger partial charge in [-0.25, -0.2) is 0 Å². The molecular weight excluding hydrogens is 529 g/mol. The van der Waals surface area contributed by atoms with Crippen molar-refractivity contribution < 1.29 is 19.1 Å². The molecule has 0 heterocycles. The number of thiocarbonyl (C=S) groups is 1. The second-order valence-electron chi connectivity index (χ2n) is 6.23. The van der Waals surface area contributed by atoms with E-state index in [1.54, 1.807) is 30.3 Å². The summed E-state index contributed by atoms with van der Waals surface area (Å²) in [4.78, 5) is 24.5. The summed E-state index contributed by atoms with van der Waals surface area (Å²) in [7, 11) is 0. The Balaban J connectivity index is 1.84. The highest BCUT2D eigenvalue weighted by Gasteiger charge is 2.17. The fourth-order valence-electron chi connectivity index (χ4n) is 2.21. The maximum Gasteiger partial charge on any atom is 0.279 e. The average Bonchev–Trinajstić information content (AvgIpc) is 2.72. The molecule has 0 saturated heterocycles. The maximum absolute atomic E-state index is 12.4. The van der Waals surface area contributed by atoms with Crippen LogP contribution < -0.4 is 25.6 Å². The molecule has 0 aliphatic carbocycles. The Bertz CT molecular complexity index is 977. The van der Waals surface area contributed by atoms with E-state index in [9.17, 15) is 9.59 Å². The lowest BCUT2D eigenvalue weighted by Crippen LogP contribution is -2.51. The monoisotopic (exact) mass is 547 g/mol. The minimum absolute atomic E-state index is 0.0856. The SMILES string of the molecule is CCCOc1ccc(C(=O)NC(=S)NNC(=O)C(C)Oc2ccc(Cl)cc2Cl)cc1Br. The predicted octanol–water partition coefficient (Wildman–Crippen LogP) is 4.65. The van der Waals surface area contributed by atoms with Gasteiger partial charge in [-0.1, -0.05) is 30.1 Å². The van der Waals surface area contributed by atoms with Crippen molar-refractivity contribution in [3.63, 3.8) is 0 Å². The Morgan fingerprint density at radius 3 is 2.48 bits per heavy atom. The highest BCUT2D eigenvalue weighted by molar-refractivity contribution is 9.10.